The van der Waals surface area contributed by atoms with Crippen molar-refractivity contribution in [2.75, 3.05) is 12.3 Å². The van der Waals surface area contributed by atoms with Gasteiger partial charge in [-0.15, -0.1) is 0 Å². The van der Waals surface area contributed by atoms with E-state index >= 15 is 0 Å². The Bertz CT molecular complexity index is 1460. The van der Waals surface area contributed by atoms with E-state index in [1.165, 1.54) is 22.6 Å². The van der Waals surface area contributed by atoms with Gasteiger partial charge in [-0.3, -0.25) is 9.20 Å². The maximum Gasteiger partial charge on any atom is 0.278 e. The minimum Gasteiger partial charge on any atom is -0.375 e. The highest BCUT2D eigenvalue weighted by molar-refractivity contribution is 7.91. The molecule has 4 aromatic rings. The number of pyridine rings is 2. The molecule has 0 saturated carbocycles. The first-order valence-corrected chi connectivity index (χ1v) is 11.5. The highest BCUT2D eigenvalue weighted by Gasteiger charge is 2.31. The standard InChI is InChI=1S/C22H20N4O4S/c23-20-18(31(28,29)16-8-2-1-3-9-16)13-17-21(26(20)14-15-7-6-12-30-15)24-19-10-4-5-11-25(19)22(17)27/h1-5,8-11,13,15,23H,6-7,12,14H2/p+1/t15-/m1/s1. The van der Waals surface area contributed by atoms with Gasteiger partial charge < -0.3 is 10.5 Å². The van der Waals surface area contributed by atoms with Gasteiger partial charge in [0.05, 0.1) is 17.5 Å². The average molecular weight is 438 g/mol. The molecule has 8 nitrogen and oxygen atoms in total. The summed E-state index contributed by atoms with van der Waals surface area (Å²) in [5.41, 5.74) is 6.87. The van der Waals surface area contributed by atoms with E-state index in [1.807, 2.05) is 0 Å². The van der Waals surface area contributed by atoms with Gasteiger partial charge in [0.2, 0.25) is 21.3 Å². The zero-order valence-corrected chi connectivity index (χ0v) is 17.5. The van der Waals surface area contributed by atoms with Crippen molar-refractivity contribution in [1.82, 2.24) is 9.38 Å². The molecule has 5 rings (SSSR count). The van der Waals surface area contributed by atoms with Gasteiger partial charge in [-0.25, -0.2) is 13.0 Å². The molecule has 0 bridgehead atoms. The summed E-state index contributed by atoms with van der Waals surface area (Å²) in [6.07, 6.45) is 3.23. The van der Waals surface area contributed by atoms with Crippen molar-refractivity contribution < 1.29 is 17.7 Å². The van der Waals surface area contributed by atoms with Gasteiger partial charge in [0.15, 0.2) is 0 Å². The number of anilines is 1. The van der Waals surface area contributed by atoms with Gasteiger partial charge in [-0.05, 0) is 43.2 Å². The van der Waals surface area contributed by atoms with E-state index in [9.17, 15) is 13.2 Å². The number of nitrogen functional groups attached to an aromatic ring is 1. The molecule has 9 heteroatoms. The van der Waals surface area contributed by atoms with Gasteiger partial charge in [0.1, 0.15) is 10.3 Å². The third-order valence-electron chi connectivity index (χ3n) is 5.58. The third-order valence-corrected chi connectivity index (χ3v) is 7.38. The van der Waals surface area contributed by atoms with Crippen LogP contribution in [0.2, 0.25) is 0 Å². The lowest BCUT2D eigenvalue weighted by Crippen LogP contribution is -2.45. The molecule has 1 fully saturated rings. The van der Waals surface area contributed by atoms with Crippen LogP contribution in [0.4, 0.5) is 5.82 Å². The number of hydrogen-bond donors (Lipinski definition) is 1. The SMILES string of the molecule is Nc1c(S(=O)(=O)c2ccccc2)cc2c(=O)n3ccccc3nc2[n+]1C[C@H]1CCCO1. The van der Waals surface area contributed by atoms with Crippen LogP contribution in [0.5, 0.6) is 0 Å². The first-order valence-electron chi connectivity index (χ1n) is 10.0. The molecule has 158 valence electrons. The maximum absolute atomic E-state index is 13.4. The molecule has 0 amide bonds. The van der Waals surface area contributed by atoms with Crippen molar-refractivity contribution in [3.8, 4) is 0 Å². The summed E-state index contributed by atoms with van der Waals surface area (Å²) in [5, 5.41) is 0.186. The molecule has 4 heterocycles. The number of hydrogen-bond acceptors (Lipinski definition) is 6. The predicted molar refractivity (Wildman–Crippen MR) is 114 cm³/mol. The second kappa shape index (κ2) is 7.44. The van der Waals surface area contributed by atoms with E-state index in [0.717, 1.165) is 12.8 Å². The molecule has 2 N–H and O–H groups in total. The summed E-state index contributed by atoms with van der Waals surface area (Å²) in [5.74, 6) is 0.0408. The van der Waals surface area contributed by atoms with E-state index < -0.39 is 9.84 Å². The van der Waals surface area contributed by atoms with Crippen LogP contribution in [0.3, 0.4) is 0 Å². The first-order chi connectivity index (χ1) is 15.0. The molecule has 3 aromatic heterocycles. The van der Waals surface area contributed by atoms with Crippen molar-refractivity contribution in [1.29, 1.82) is 0 Å². The van der Waals surface area contributed by atoms with Crippen LogP contribution in [0, 0.1) is 0 Å². The summed E-state index contributed by atoms with van der Waals surface area (Å²) in [6, 6.07) is 14.6. The molecule has 1 aromatic carbocycles. The van der Waals surface area contributed by atoms with Crippen molar-refractivity contribution in [3.63, 3.8) is 0 Å². The Kier molecular flexibility index (Phi) is 4.71. The summed E-state index contributed by atoms with van der Waals surface area (Å²) in [6.45, 7) is 0.958. The Morgan fingerprint density at radius 2 is 1.94 bits per heavy atom. The smallest absolute Gasteiger partial charge is 0.278 e. The zero-order valence-electron chi connectivity index (χ0n) is 16.6. The second-order valence-electron chi connectivity index (χ2n) is 7.54. The molecule has 0 unspecified atom stereocenters. The average Bonchev–Trinajstić information content (AvgIpc) is 3.30. The highest BCUT2D eigenvalue weighted by Crippen LogP contribution is 2.26. The number of nitrogens with zero attached hydrogens (tertiary/aromatic N) is 3. The Morgan fingerprint density at radius 3 is 2.68 bits per heavy atom. The minimum absolute atomic E-state index is 0.0408. The molecule has 31 heavy (non-hydrogen) atoms. The van der Waals surface area contributed by atoms with Gasteiger partial charge in [0.25, 0.3) is 11.2 Å². The topological polar surface area (TPSA) is 108 Å². The number of rotatable bonds is 4. The van der Waals surface area contributed by atoms with Crippen molar-refractivity contribution in [2.24, 2.45) is 0 Å². The summed E-state index contributed by atoms with van der Waals surface area (Å²) < 4.78 is 35.6. The molecule has 1 atom stereocenters. The third kappa shape index (κ3) is 3.26. The Labute approximate surface area is 178 Å². The van der Waals surface area contributed by atoms with E-state index in [0.29, 0.717) is 24.4 Å². The van der Waals surface area contributed by atoms with Crippen molar-refractivity contribution in [3.05, 3.63) is 71.1 Å². The molecule has 1 aliphatic rings. The number of fused-ring (bicyclic) bond motifs is 2. The van der Waals surface area contributed by atoms with Gasteiger partial charge in [-0.2, -0.15) is 0 Å². The largest absolute Gasteiger partial charge is 0.375 e. The summed E-state index contributed by atoms with van der Waals surface area (Å²) in [7, 11) is -3.95. The number of benzene rings is 1. The Morgan fingerprint density at radius 1 is 1.16 bits per heavy atom. The fraction of sp³-hybridized carbons (Fsp3) is 0.227. The van der Waals surface area contributed by atoms with Crippen LogP contribution in [-0.4, -0.2) is 30.5 Å². The monoisotopic (exact) mass is 437 g/mol. The molecule has 1 saturated heterocycles. The van der Waals surface area contributed by atoms with E-state index in [2.05, 4.69) is 4.98 Å². The molecule has 0 spiro atoms. The summed E-state index contributed by atoms with van der Waals surface area (Å²) in [4.78, 5) is 17.9. The molecular weight excluding hydrogens is 416 g/mol. The van der Waals surface area contributed by atoms with Crippen molar-refractivity contribution in [2.45, 2.75) is 35.3 Å². The maximum atomic E-state index is 13.4. The second-order valence-corrected chi connectivity index (χ2v) is 9.46. The lowest BCUT2D eigenvalue weighted by Gasteiger charge is -2.15. The van der Waals surface area contributed by atoms with E-state index in [-0.39, 0.29) is 32.7 Å². The number of aromatic nitrogens is 3. The fourth-order valence-electron chi connectivity index (χ4n) is 3.99. The zero-order chi connectivity index (χ0) is 21.6. The van der Waals surface area contributed by atoms with Gasteiger partial charge in [-0.1, -0.05) is 29.2 Å². The van der Waals surface area contributed by atoms with E-state index in [1.54, 1.807) is 47.2 Å². The number of ether oxygens (including phenoxy) is 1. The molecule has 0 radical (unpaired) electrons. The summed E-state index contributed by atoms with van der Waals surface area (Å²) >= 11 is 0. The van der Waals surface area contributed by atoms with Crippen LogP contribution in [0.1, 0.15) is 12.8 Å². The normalized spacial score (nSPS) is 16.8. The van der Waals surface area contributed by atoms with Gasteiger partial charge in [0, 0.05) is 12.8 Å². The quantitative estimate of drug-likeness (QED) is 0.385. The van der Waals surface area contributed by atoms with Crippen LogP contribution in [-0.2, 0) is 21.1 Å². The molecular formula is C22H21N4O4S+. The van der Waals surface area contributed by atoms with Crippen molar-refractivity contribution >= 4 is 32.3 Å². The van der Waals surface area contributed by atoms with Crippen LogP contribution >= 0.6 is 0 Å². The van der Waals surface area contributed by atoms with Gasteiger partial charge >= 0.3 is 0 Å². The lowest BCUT2D eigenvalue weighted by atomic mass is 10.2. The van der Waals surface area contributed by atoms with Crippen LogP contribution in [0.15, 0.2) is 75.4 Å². The molecule has 1 aliphatic heterocycles. The number of sulfone groups is 1. The predicted octanol–water partition coefficient (Wildman–Crippen LogP) is 1.73. The minimum atomic E-state index is -3.95. The number of nitrogens with two attached hydrogens (primary N) is 1. The Balaban J connectivity index is 1.84. The lowest BCUT2D eigenvalue weighted by molar-refractivity contribution is -0.667. The van der Waals surface area contributed by atoms with Crippen LogP contribution in [0.25, 0.3) is 16.7 Å². The highest BCUT2D eigenvalue weighted by atomic mass is 32.2. The fourth-order valence-corrected chi connectivity index (χ4v) is 5.42. The van der Waals surface area contributed by atoms with Crippen LogP contribution < -0.4 is 15.9 Å². The molecule has 0 aliphatic carbocycles. The van der Waals surface area contributed by atoms with E-state index in [4.69, 9.17) is 10.5 Å². The first kappa shape index (κ1) is 19.7. The Hall–Kier alpha value is -3.30.